The first-order valence-corrected chi connectivity index (χ1v) is 7.17. The molecule has 0 saturated carbocycles. The Kier molecular flexibility index (Phi) is 4.59. The number of piperidine rings is 1. The molecule has 0 radical (unpaired) electrons. The van der Waals surface area contributed by atoms with Gasteiger partial charge in [-0.2, -0.15) is 0 Å². The zero-order valence-corrected chi connectivity index (χ0v) is 11.9. The number of benzene rings is 1. The van der Waals surface area contributed by atoms with Crippen LogP contribution in [0.25, 0.3) is 0 Å². The Labute approximate surface area is 115 Å². The molecule has 0 aromatic heterocycles. The van der Waals surface area contributed by atoms with E-state index >= 15 is 0 Å². The lowest BCUT2D eigenvalue weighted by Crippen LogP contribution is -2.40. The minimum Gasteiger partial charge on any atom is -0.343 e. The lowest BCUT2D eigenvalue weighted by Gasteiger charge is -2.33. The highest BCUT2D eigenvalue weighted by Gasteiger charge is 2.24. The van der Waals surface area contributed by atoms with E-state index < -0.39 is 0 Å². The summed E-state index contributed by atoms with van der Waals surface area (Å²) in [5.41, 5.74) is 8.50. The minimum absolute atomic E-state index is 0.0402. The standard InChI is InChI=1S/C16H24N2O/c1-12-5-3-4-6-15(12)14-7-9-18(10-8-14)16(19)11-13(2)17/h3-6,13-14H,7-11,17H2,1-2H3. The molecule has 3 nitrogen and oxygen atoms in total. The maximum absolute atomic E-state index is 12.0. The predicted molar refractivity (Wildman–Crippen MR) is 78.0 cm³/mol. The largest absolute Gasteiger partial charge is 0.343 e. The molecule has 1 aliphatic rings. The van der Waals surface area contributed by atoms with Crippen LogP contribution in [0.5, 0.6) is 0 Å². The second kappa shape index (κ2) is 6.20. The molecule has 1 atom stereocenters. The van der Waals surface area contributed by atoms with Gasteiger partial charge in [-0.25, -0.2) is 0 Å². The zero-order valence-electron chi connectivity index (χ0n) is 11.9. The molecule has 1 aromatic carbocycles. The molecule has 1 aromatic rings. The number of amides is 1. The van der Waals surface area contributed by atoms with Crippen molar-refractivity contribution in [1.82, 2.24) is 4.90 Å². The van der Waals surface area contributed by atoms with Crippen molar-refractivity contribution in [3.8, 4) is 0 Å². The summed E-state index contributed by atoms with van der Waals surface area (Å²) in [7, 11) is 0. The first-order chi connectivity index (χ1) is 9.08. The molecular formula is C16H24N2O. The van der Waals surface area contributed by atoms with Gasteiger partial charge in [-0.3, -0.25) is 4.79 Å². The Bertz CT molecular complexity index is 434. The summed E-state index contributed by atoms with van der Waals surface area (Å²) in [4.78, 5) is 13.9. The smallest absolute Gasteiger partial charge is 0.224 e. The van der Waals surface area contributed by atoms with E-state index in [1.54, 1.807) is 0 Å². The molecule has 1 fully saturated rings. The number of carbonyl (C=O) groups is 1. The fourth-order valence-electron chi connectivity index (χ4n) is 2.89. The van der Waals surface area contributed by atoms with Gasteiger partial charge in [0.2, 0.25) is 5.91 Å². The monoisotopic (exact) mass is 260 g/mol. The molecule has 2 rings (SSSR count). The van der Waals surface area contributed by atoms with Crippen molar-refractivity contribution in [3.63, 3.8) is 0 Å². The van der Waals surface area contributed by atoms with Gasteiger partial charge in [0.15, 0.2) is 0 Å². The molecule has 1 saturated heterocycles. The fourth-order valence-corrected chi connectivity index (χ4v) is 2.89. The van der Waals surface area contributed by atoms with Gasteiger partial charge < -0.3 is 10.6 Å². The van der Waals surface area contributed by atoms with E-state index in [1.165, 1.54) is 11.1 Å². The lowest BCUT2D eigenvalue weighted by atomic mass is 9.87. The lowest BCUT2D eigenvalue weighted by molar-refractivity contribution is -0.132. The Morgan fingerprint density at radius 1 is 1.37 bits per heavy atom. The van der Waals surface area contributed by atoms with Crippen molar-refractivity contribution in [2.75, 3.05) is 13.1 Å². The van der Waals surface area contributed by atoms with Gasteiger partial charge in [-0.15, -0.1) is 0 Å². The summed E-state index contributed by atoms with van der Waals surface area (Å²) in [6.45, 7) is 5.79. The number of carbonyl (C=O) groups excluding carboxylic acids is 1. The highest BCUT2D eigenvalue weighted by molar-refractivity contribution is 5.76. The van der Waals surface area contributed by atoms with Crippen molar-refractivity contribution in [2.24, 2.45) is 5.73 Å². The summed E-state index contributed by atoms with van der Waals surface area (Å²) in [5.74, 6) is 0.804. The number of hydrogen-bond donors (Lipinski definition) is 1. The summed E-state index contributed by atoms with van der Waals surface area (Å²) < 4.78 is 0. The van der Waals surface area contributed by atoms with Crippen molar-refractivity contribution < 1.29 is 4.79 Å². The Morgan fingerprint density at radius 2 is 2.00 bits per heavy atom. The number of likely N-dealkylation sites (tertiary alicyclic amines) is 1. The zero-order chi connectivity index (χ0) is 13.8. The van der Waals surface area contributed by atoms with Crippen molar-refractivity contribution in [1.29, 1.82) is 0 Å². The number of rotatable bonds is 3. The van der Waals surface area contributed by atoms with Crippen LogP contribution in [0.3, 0.4) is 0 Å². The molecule has 0 bridgehead atoms. The summed E-state index contributed by atoms with van der Waals surface area (Å²) in [5, 5.41) is 0. The first-order valence-electron chi connectivity index (χ1n) is 7.17. The Balaban J connectivity index is 1.93. The highest BCUT2D eigenvalue weighted by atomic mass is 16.2. The number of nitrogens with zero attached hydrogens (tertiary/aromatic N) is 1. The van der Waals surface area contributed by atoms with E-state index in [9.17, 15) is 4.79 Å². The van der Waals surface area contributed by atoms with Crippen LogP contribution in [-0.4, -0.2) is 29.9 Å². The van der Waals surface area contributed by atoms with E-state index in [4.69, 9.17) is 5.73 Å². The third-order valence-electron chi connectivity index (χ3n) is 3.97. The molecule has 1 amide bonds. The van der Waals surface area contributed by atoms with Crippen LogP contribution < -0.4 is 5.73 Å². The van der Waals surface area contributed by atoms with Gasteiger partial charge in [0.1, 0.15) is 0 Å². The fraction of sp³-hybridized carbons (Fsp3) is 0.562. The number of nitrogens with two attached hydrogens (primary N) is 1. The maximum Gasteiger partial charge on any atom is 0.224 e. The van der Waals surface area contributed by atoms with E-state index in [2.05, 4.69) is 31.2 Å². The second-order valence-corrected chi connectivity index (χ2v) is 5.69. The SMILES string of the molecule is Cc1ccccc1C1CCN(C(=O)CC(C)N)CC1. The van der Waals surface area contributed by atoms with E-state index in [0.717, 1.165) is 25.9 Å². The molecule has 3 heteroatoms. The average Bonchev–Trinajstić information content (AvgIpc) is 2.39. The van der Waals surface area contributed by atoms with Crippen molar-refractivity contribution >= 4 is 5.91 Å². The van der Waals surface area contributed by atoms with Gasteiger partial charge in [0, 0.05) is 25.6 Å². The van der Waals surface area contributed by atoms with Crippen LogP contribution in [-0.2, 0) is 4.79 Å². The van der Waals surface area contributed by atoms with Crippen LogP contribution in [0.1, 0.15) is 43.2 Å². The maximum atomic E-state index is 12.0. The number of aryl methyl sites for hydroxylation is 1. The van der Waals surface area contributed by atoms with Crippen LogP contribution in [0, 0.1) is 6.92 Å². The summed E-state index contributed by atoms with van der Waals surface area (Å²) in [6, 6.07) is 8.54. The number of hydrogen-bond acceptors (Lipinski definition) is 2. The quantitative estimate of drug-likeness (QED) is 0.907. The van der Waals surface area contributed by atoms with E-state index in [-0.39, 0.29) is 11.9 Å². The van der Waals surface area contributed by atoms with Crippen LogP contribution in [0.15, 0.2) is 24.3 Å². The van der Waals surface area contributed by atoms with Gasteiger partial charge in [-0.05, 0) is 43.7 Å². The second-order valence-electron chi connectivity index (χ2n) is 5.69. The molecule has 1 heterocycles. The van der Waals surface area contributed by atoms with E-state index in [0.29, 0.717) is 12.3 Å². The third kappa shape index (κ3) is 3.57. The highest BCUT2D eigenvalue weighted by Crippen LogP contribution is 2.30. The normalized spacial score (nSPS) is 18.4. The molecule has 1 aliphatic heterocycles. The van der Waals surface area contributed by atoms with Gasteiger partial charge >= 0.3 is 0 Å². The minimum atomic E-state index is -0.0402. The van der Waals surface area contributed by atoms with Crippen LogP contribution in [0.4, 0.5) is 0 Å². The molecule has 19 heavy (non-hydrogen) atoms. The summed E-state index contributed by atoms with van der Waals surface area (Å²) in [6.07, 6.45) is 2.60. The Morgan fingerprint density at radius 3 is 2.58 bits per heavy atom. The van der Waals surface area contributed by atoms with Crippen LogP contribution >= 0.6 is 0 Å². The molecule has 1 unspecified atom stereocenters. The molecule has 2 N–H and O–H groups in total. The Hall–Kier alpha value is -1.35. The molecule has 0 aliphatic carbocycles. The topological polar surface area (TPSA) is 46.3 Å². The summed E-state index contributed by atoms with van der Waals surface area (Å²) >= 11 is 0. The molecule has 0 spiro atoms. The van der Waals surface area contributed by atoms with Crippen molar-refractivity contribution in [2.45, 2.75) is 45.1 Å². The predicted octanol–water partition coefficient (Wildman–Crippen LogP) is 2.44. The van der Waals surface area contributed by atoms with Crippen LogP contribution in [0.2, 0.25) is 0 Å². The first kappa shape index (κ1) is 14.1. The molecule has 104 valence electrons. The molecular weight excluding hydrogens is 236 g/mol. The van der Waals surface area contributed by atoms with Gasteiger partial charge in [0.05, 0.1) is 0 Å². The van der Waals surface area contributed by atoms with Crippen molar-refractivity contribution in [3.05, 3.63) is 35.4 Å². The van der Waals surface area contributed by atoms with Gasteiger partial charge in [0.25, 0.3) is 0 Å². The van der Waals surface area contributed by atoms with E-state index in [1.807, 2.05) is 11.8 Å². The third-order valence-corrected chi connectivity index (χ3v) is 3.97. The average molecular weight is 260 g/mol. The van der Waals surface area contributed by atoms with Gasteiger partial charge in [-0.1, -0.05) is 24.3 Å².